The zero-order chi connectivity index (χ0) is 15.7. The Hall–Kier alpha value is -1.12. The van der Waals surface area contributed by atoms with E-state index in [9.17, 15) is 0 Å². The molecule has 3 nitrogen and oxygen atoms in total. The van der Waals surface area contributed by atoms with E-state index in [1.165, 1.54) is 30.6 Å². The van der Waals surface area contributed by atoms with Crippen molar-refractivity contribution in [3.8, 4) is 0 Å². The number of hydrogen-bond donors (Lipinski definition) is 0. The Morgan fingerprint density at radius 2 is 1.91 bits per heavy atom. The van der Waals surface area contributed by atoms with E-state index in [1.807, 2.05) is 0 Å². The van der Waals surface area contributed by atoms with E-state index in [-0.39, 0.29) is 0 Å². The topological polar surface area (TPSA) is 48.8 Å². The van der Waals surface area contributed by atoms with Gasteiger partial charge in [0.1, 0.15) is 15.7 Å². The smallest absolute Gasteiger partial charge is 0.0893 e. The summed E-state index contributed by atoms with van der Waals surface area (Å²) in [7, 11) is 0.482. The first-order valence-corrected chi connectivity index (χ1v) is 9.76. The Kier molecular flexibility index (Phi) is 4.42. The van der Waals surface area contributed by atoms with E-state index in [0.29, 0.717) is 22.2 Å². The predicted molar refractivity (Wildman–Crippen MR) is 94.7 cm³/mol. The zero-order valence-electron chi connectivity index (χ0n) is 13.8. The molecule has 2 aliphatic rings. The van der Waals surface area contributed by atoms with Gasteiger partial charge in [0.2, 0.25) is 0 Å². The lowest BCUT2D eigenvalue weighted by Gasteiger charge is -2.24. The maximum Gasteiger partial charge on any atom is 0.134 e. The van der Waals surface area contributed by atoms with Gasteiger partial charge in [-0.1, -0.05) is 36.3 Å². The summed E-state index contributed by atoms with van der Waals surface area (Å²) < 4.78 is 0.499. The highest BCUT2D eigenvalue weighted by Crippen LogP contribution is 2.53. The van der Waals surface area contributed by atoms with Crippen LogP contribution in [-0.4, -0.2) is 10.00 Å². The maximum atomic E-state index is 8.40. The molecule has 0 radical (unpaired) electrons. The molecule has 2 fully saturated rings. The molecule has 118 valence electrons. The van der Waals surface area contributed by atoms with Crippen molar-refractivity contribution in [2.75, 3.05) is 0 Å². The van der Waals surface area contributed by atoms with Crippen LogP contribution in [0.4, 0.5) is 0 Å². The van der Waals surface area contributed by atoms with Crippen molar-refractivity contribution in [2.45, 2.75) is 62.3 Å². The first kappa shape index (κ1) is 15.8. The highest BCUT2D eigenvalue weighted by atomic mass is 32.2. The molecule has 0 N–H and O–H groups in total. The van der Waals surface area contributed by atoms with Gasteiger partial charge >= 0.3 is 0 Å². The summed E-state index contributed by atoms with van der Waals surface area (Å²) in [6, 6.07) is 8.70. The van der Waals surface area contributed by atoms with Crippen molar-refractivity contribution in [1.82, 2.24) is 0 Å². The first-order valence-electron chi connectivity index (χ1n) is 8.31. The molecule has 4 heteroatoms. The van der Waals surface area contributed by atoms with Crippen LogP contribution >= 0.6 is 0 Å². The number of azide groups is 1. The van der Waals surface area contributed by atoms with Crippen molar-refractivity contribution in [1.29, 1.82) is 0 Å². The lowest BCUT2D eigenvalue weighted by molar-refractivity contribution is 0.290. The van der Waals surface area contributed by atoms with E-state index in [1.54, 1.807) is 0 Å². The van der Waals surface area contributed by atoms with Gasteiger partial charge < -0.3 is 0 Å². The minimum Gasteiger partial charge on any atom is -0.0893 e. The molecule has 0 spiro atoms. The second-order valence-electron chi connectivity index (χ2n) is 7.41. The zero-order valence-corrected chi connectivity index (χ0v) is 14.6. The molecule has 1 saturated carbocycles. The molecule has 1 aliphatic heterocycles. The quantitative estimate of drug-likeness (QED) is 0.317. The molecule has 1 aromatic carbocycles. The molecule has 1 saturated heterocycles. The van der Waals surface area contributed by atoms with Gasteiger partial charge in [-0.15, -0.1) is 0 Å². The minimum atomic E-state index is 0.454. The molecule has 4 atom stereocenters. The minimum absolute atomic E-state index is 0.454. The van der Waals surface area contributed by atoms with Gasteiger partial charge in [0.05, 0.1) is 6.54 Å². The molecule has 1 heterocycles. The summed E-state index contributed by atoms with van der Waals surface area (Å²) in [5.41, 5.74) is 10.9. The Balaban J connectivity index is 1.75. The predicted octanol–water partition coefficient (Wildman–Crippen LogP) is 5.21. The van der Waals surface area contributed by atoms with E-state index >= 15 is 0 Å². The van der Waals surface area contributed by atoms with Gasteiger partial charge in [0.25, 0.3) is 0 Å². The van der Waals surface area contributed by atoms with Crippen LogP contribution in [-0.2, 0) is 23.2 Å². The summed E-state index contributed by atoms with van der Waals surface area (Å²) in [5.74, 6) is 3.05. The van der Waals surface area contributed by atoms with E-state index in [4.69, 9.17) is 5.53 Å². The van der Waals surface area contributed by atoms with Gasteiger partial charge in [-0.25, -0.2) is 0 Å². The van der Waals surface area contributed by atoms with Crippen LogP contribution in [0.3, 0.4) is 0 Å². The fourth-order valence-electron chi connectivity index (χ4n) is 4.24. The van der Waals surface area contributed by atoms with Crippen molar-refractivity contribution in [2.24, 2.45) is 17.0 Å². The number of nitrogens with zero attached hydrogens (tertiary/aromatic N) is 3. The number of benzene rings is 1. The molecule has 1 aromatic rings. The molecule has 22 heavy (non-hydrogen) atoms. The monoisotopic (exact) mass is 316 g/mol. The number of hydrogen-bond acceptors (Lipinski definition) is 1. The summed E-state index contributed by atoms with van der Waals surface area (Å²) in [4.78, 5) is 2.83. The van der Waals surface area contributed by atoms with Crippen molar-refractivity contribution >= 4 is 10.9 Å². The van der Waals surface area contributed by atoms with Crippen molar-refractivity contribution in [3.05, 3.63) is 45.8 Å². The number of fused-ring (bicyclic) bond motifs is 2. The van der Waals surface area contributed by atoms with Crippen LogP contribution in [0, 0.1) is 11.8 Å². The SMILES string of the molecule is C[C@H]1CCC2CC1[S+](Cc1ccc(CN=[N+]=[N-])cc1)C2(C)C. The van der Waals surface area contributed by atoms with Gasteiger partial charge in [0.15, 0.2) is 0 Å². The molecule has 1 aliphatic carbocycles. The van der Waals surface area contributed by atoms with E-state index in [2.05, 4.69) is 55.1 Å². The van der Waals surface area contributed by atoms with Crippen molar-refractivity contribution in [3.63, 3.8) is 0 Å². The van der Waals surface area contributed by atoms with Crippen LogP contribution < -0.4 is 0 Å². The molecule has 0 amide bonds. The van der Waals surface area contributed by atoms with Gasteiger partial charge in [-0.05, 0) is 37.8 Å². The normalized spacial score (nSPS) is 32.5. The average molecular weight is 316 g/mol. The van der Waals surface area contributed by atoms with Crippen LogP contribution in [0.1, 0.15) is 51.2 Å². The summed E-state index contributed by atoms with van der Waals surface area (Å²) in [6.45, 7) is 7.94. The lowest BCUT2D eigenvalue weighted by atomic mass is 9.78. The average Bonchev–Trinajstić information content (AvgIpc) is 2.71. The van der Waals surface area contributed by atoms with E-state index < -0.39 is 0 Å². The Morgan fingerprint density at radius 3 is 2.59 bits per heavy atom. The second-order valence-corrected chi connectivity index (χ2v) is 10.2. The third-order valence-corrected chi connectivity index (χ3v) is 9.53. The molecular formula is C18H26N3S+. The molecule has 2 bridgehead atoms. The molecule has 0 aromatic heterocycles. The largest absolute Gasteiger partial charge is 0.134 e. The Labute approximate surface area is 136 Å². The first-order chi connectivity index (χ1) is 10.5. The lowest BCUT2D eigenvalue weighted by Crippen LogP contribution is -2.36. The fourth-order valence-corrected chi connectivity index (χ4v) is 7.96. The standard InChI is InChI=1S/C18H26N3S/c1-13-4-9-16-10-17(13)22(18(16,2)3)12-15-7-5-14(6-8-15)11-20-21-19/h5-8,13,16-17H,4,9-12H2,1-3H3/q+1/t13-,16?,17?,22?/m0/s1. The highest BCUT2D eigenvalue weighted by molar-refractivity contribution is 7.98. The van der Waals surface area contributed by atoms with E-state index in [0.717, 1.165) is 22.6 Å². The summed E-state index contributed by atoms with van der Waals surface area (Å²) in [5, 5.41) is 4.56. The third-order valence-electron chi connectivity index (χ3n) is 5.81. The van der Waals surface area contributed by atoms with Crippen LogP contribution in [0.15, 0.2) is 29.4 Å². The molecular weight excluding hydrogens is 290 g/mol. The van der Waals surface area contributed by atoms with Gasteiger partial charge in [0, 0.05) is 39.6 Å². The fraction of sp³-hybridized carbons (Fsp3) is 0.667. The number of rotatable bonds is 4. The van der Waals surface area contributed by atoms with Gasteiger partial charge in [-0.3, -0.25) is 0 Å². The summed E-state index contributed by atoms with van der Waals surface area (Å²) in [6.07, 6.45) is 4.30. The maximum absolute atomic E-state index is 8.40. The van der Waals surface area contributed by atoms with Crippen LogP contribution in [0.25, 0.3) is 10.4 Å². The van der Waals surface area contributed by atoms with Crippen LogP contribution in [0.5, 0.6) is 0 Å². The van der Waals surface area contributed by atoms with Crippen molar-refractivity contribution < 1.29 is 0 Å². The van der Waals surface area contributed by atoms with Crippen LogP contribution in [0.2, 0.25) is 0 Å². The molecule has 3 rings (SSSR count). The Bertz CT molecular complexity index is 574. The highest BCUT2D eigenvalue weighted by Gasteiger charge is 2.60. The second kappa shape index (κ2) is 6.17. The van der Waals surface area contributed by atoms with Gasteiger partial charge in [-0.2, -0.15) is 0 Å². The summed E-state index contributed by atoms with van der Waals surface area (Å²) >= 11 is 0. The third kappa shape index (κ3) is 2.87. The molecule has 3 unspecified atom stereocenters. The Morgan fingerprint density at radius 1 is 1.23 bits per heavy atom.